The van der Waals surface area contributed by atoms with Gasteiger partial charge in [0.25, 0.3) is 0 Å². The number of nitrogens with one attached hydrogen (secondary N) is 2. The van der Waals surface area contributed by atoms with Crippen molar-refractivity contribution in [3.63, 3.8) is 0 Å². The minimum absolute atomic E-state index is 0.0163. The molecule has 1 amide bonds. The Morgan fingerprint density at radius 1 is 1.30 bits per heavy atom. The van der Waals surface area contributed by atoms with E-state index in [1.807, 2.05) is 0 Å². The van der Waals surface area contributed by atoms with E-state index in [1.54, 1.807) is 20.8 Å². The fourth-order valence-electron chi connectivity index (χ4n) is 2.85. The summed E-state index contributed by atoms with van der Waals surface area (Å²) in [5.41, 5.74) is 0.312. The molecule has 0 heterocycles. The summed E-state index contributed by atoms with van der Waals surface area (Å²) < 4.78 is 45.8. The standard InChI is InChI=1S/C19H27FN2O4S/c1-19(2,3)26-18(23)21-13-15-12-16(20)9-8-14(15)10-11-27(24,25)22-17-6-4-5-7-17/h8-12,17,22H,4-7,13H2,1-3H3,(H,21,23)/b11-10+. The Kier molecular flexibility index (Phi) is 7.00. The van der Waals surface area contributed by atoms with Crippen LogP contribution in [0.15, 0.2) is 23.6 Å². The van der Waals surface area contributed by atoms with Gasteiger partial charge in [-0.1, -0.05) is 18.9 Å². The third kappa shape index (κ3) is 7.68. The Morgan fingerprint density at radius 3 is 2.59 bits per heavy atom. The second-order valence-corrected chi connectivity index (χ2v) is 9.24. The molecule has 6 nitrogen and oxygen atoms in total. The van der Waals surface area contributed by atoms with E-state index in [1.165, 1.54) is 24.3 Å². The average Bonchev–Trinajstić information content (AvgIpc) is 3.02. The molecule has 0 aromatic heterocycles. The van der Waals surface area contributed by atoms with Gasteiger partial charge in [0.15, 0.2) is 0 Å². The molecule has 0 unspecified atom stereocenters. The van der Waals surface area contributed by atoms with Gasteiger partial charge in [-0.2, -0.15) is 0 Å². The molecule has 0 bridgehead atoms. The fraction of sp³-hybridized carbons (Fsp3) is 0.526. The van der Waals surface area contributed by atoms with Crippen LogP contribution >= 0.6 is 0 Å². The Bertz CT molecular complexity index is 794. The second-order valence-electron chi connectivity index (χ2n) is 7.65. The van der Waals surface area contributed by atoms with Gasteiger partial charge in [-0.05, 0) is 62.9 Å². The van der Waals surface area contributed by atoms with Crippen LogP contribution in [0.25, 0.3) is 6.08 Å². The number of hydrogen-bond acceptors (Lipinski definition) is 4. The maximum absolute atomic E-state index is 13.6. The van der Waals surface area contributed by atoms with Crippen molar-refractivity contribution in [1.82, 2.24) is 10.0 Å². The molecular formula is C19H27FN2O4S. The number of halogens is 1. The molecule has 0 saturated heterocycles. The van der Waals surface area contributed by atoms with Crippen molar-refractivity contribution >= 4 is 22.2 Å². The Hall–Kier alpha value is -1.93. The van der Waals surface area contributed by atoms with Crippen LogP contribution in [0.2, 0.25) is 0 Å². The molecule has 0 atom stereocenters. The lowest BCUT2D eigenvalue weighted by molar-refractivity contribution is 0.0523. The van der Waals surface area contributed by atoms with Gasteiger partial charge in [0.2, 0.25) is 10.0 Å². The molecule has 27 heavy (non-hydrogen) atoms. The quantitative estimate of drug-likeness (QED) is 0.765. The number of hydrogen-bond donors (Lipinski definition) is 2. The third-order valence-electron chi connectivity index (χ3n) is 4.04. The van der Waals surface area contributed by atoms with Crippen LogP contribution in [0.5, 0.6) is 0 Å². The van der Waals surface area contributed by atoms with Crippen molar-refractivity contribution in [2.24, 2.45) is 0 Å². The number of carbonyl (C=O) groups is 1. The van der Waals surface area contributed by atoms with E-state index in [4.69, 9.17) is 4.74 Å². The summed E-state index contributed by atoms with van der Waals surface area (Å²) in [7, 11) is -3.58. The first-order valence-corrected chi connectivity index (χ1v) is 10.5. The maximum Gasteiger partial charge on any atom is 0.407 e. The highest BCUT2D eigenvalue weighted by Gasteiger charge is 2.20. The van der Waals surface area contributed by atoms with Gasteiger partial charge >= 0.3 is 6.09 Å². The van der Waals surface area contributed by atoms with E-state index >= 15 is 0 Å². The Morgan fingerprint density at radius 2 is 1.96 bits per heavy atom. The molecule has 2 rings (SSSR count). The lowest BCUT2D eigenvalue weighted by Gasteiger charge is -2.20. The highest BCUT2D eigenvalue weighted by atomic mass is 32.2. The van der Waals surface area contributed by atoms with Gasteiger partial charge in [-0.3, -0.25) is 0 Å². The summed E-state index contributed by atoms with van der Waals surface area (Å²) >= 11 is 0. The van der Waals surface area contributed by atoms with Crippen LogP contribution in [0, 0.1) is 5.82 Å². The van der Waals surface area contributed by atoms with Gasteiger partial charge in [0.1, 0.15) is 11.4 Å². The smallest absolute Gasteiger partial charge is 0.407 e. The number of carbonyl (C=O) groups excluding carboxylic acids is 1. The number of alkyl carbamates (subject to hydrolysis) is 1. The number of sulfonamides is 1. The number of benzene rings is 1. The first-order chi connectivity index (χ1) is 12.5. The molecule has 0 aliphatic heterocycles. The molecular weight excluding hydrogens is 371 g/mol. The van der Waals surface area contributed by atoms with Crippen LogP contribution < -0.4 is 10.0 Å². The van der Waals surface area contributed by atoms with E-state index in [0.29, 0.717) is 11.1 Å². The molecule has 0 radical (unpaired) electrons. The summed E-state index contributed by atoms with van der Waals surface area (Å²) in [5, 5.41) is 3.63. The van der Waals surface area contributed by atoms with Gasteiger partial charge in [-0.25, -0.2) is 22.3 Å². The Balaban J connectivity index is 2.07. The third-order valence-corrected chi connectivity index (χ3v) is 5.20. The van der Waals surface area contributed by atoms with Crippen molar-refractivity contribution in [2.75, 3.05) is 0 Å². The van der Waals surface area contributed by atoms with Crippen molar-refractivity contribution < 1.29 is 22.3 Å². The number of amides is 1. The predicted molar refractivity (Wildman–Crippen MR) is 103 cm³/mol. The van der Waals surface area contributed by atoms with Gasteiger partial charge in [-0.15, -0.1) is 0 Å². The topological polar surface area (TPSA) is 84.5 Å². The highest BCUT2D eigenvalue weighted by Crippen LogP contribution is 2.19. The SMILES string of the molecule is CC(C)(C)OC(=O)NCc1cc(F)ccc1/C=C/S(=O)(=O)NC1CCCC1. The van der Waals surface area contributed by atoms with E-state index in [-0.39, 0.29) is 12.6 Å². The second kappa shape index (κ2) is 8.84. The van der Waals surface area contributed by atoms with E-state index in [2.05, 4.69) is 10.0 Å². The van der Waals surface area contributed by atoms with Crippen LogP contribution in [0.4, 0.5) is 9.18 Å². The van der Waals surface area contributed by atoms with Crippen LogP contribution in [-0.4, -0.2) is 26.2 Å². The first-order valence-electron chi connectivity index (χ1n) is 9.00. The largest absolute Gasteiger partial charge is 0.444 e. The zero-order chi connectivity index (χ0) is 20.1. The van der Waals surface area contributed by atoms with Crippen LogP contribution in [0.3, 0.4) is 0 Å². The minimum atomic E-state index is -3.58. The van der Waals surface area contributed by atoms with Crippen molar-refractivity contribution in [3.8, 4) is 0 Å². The number of ether oxygens (including phenoxy) is 1. The lowest BCUT2D eigenvalue weighted by Crippen LogP contribution is -2.32. The van der Waals surface area contributed by atoms with Gasteiger partial charge in [0.05, 0.1) is 0 Å². The van der Waals surface area contributed by atoms with E-state index < -0.39 is 27.5 Å². The summed E-state index contributed by atoms with van der Waals surface area (Å²) in [5.74, 6) is -0.472. The van der Waals surface area contributed by atoms with Crippen molar-refractivity contribution in [3.05, 3.63) is 40.6 Å². The number of rotatable bonds is 6. The summed E-state index contributed by atoms with van der Waals surface area (Å²) in [4.78, 5) is 11.8. The minimum Gasteiger partial charge on any atom is -0.444 e. The monoisotopic (exact) mass is 398 g/mol. The predicted octanol–water partition coefficient (Wildman–Crippen LogP) is 3.68. The molecule has 2 N–H and O–H groups in total. The molecule has 150 valence electrons. The van der Waals surface area contributed by atoms with Crippen LogP contribution in [0.1, 0.15) is 57.6 Å². The zero-order valence-corrected chi connectivity index (χ0v) is 16.7. The Labute approximate surface area is 160 Å². The fourth-order valence-corrected chi connectivity index (χ4v) is 3.95. The molecule has 1 aromatic carbocycles. The average molecular weight is 399 g/mol. The zero-order valence-electron chi connectivity index (χ0n) is 15.9. The van der Waals surface area contributed by atoms with Gasteiger partial charge < -0.3 is 10.1 Å². The molecule has 8 heteroatoms. The molecule has 1 fully saturated rings. The molecule has 1 aliphatic rings. The first kappa shape index (κ1) is 21.4. The summed E-state index contributed by atoms with van der Waals surface area (Å²) in [6.07, 6.45) is 4.51. The molecule has 1 saturated carbocycles. The van der Waals surface area contributed by atoms with Crippen molar-refractivity contribution in [2.45, 2.75) is 64.6 Å². The van der Waals surface area contributed by atoms with Crippen molar-refractivity contribution in [1.29, 1.82) is 0 Å². The summed E-state index contributed by atoms with van der Waals surface area (Å²) in [6.45, 7) is 5.24. The van der Waals surface area contributed by atoms with E-state index in [0.717, 1.165) is 31.1 Å². The lowest BCUT2D eigenvalue weighted by atomic mass is 10.1. The molecule has 0 spiro atoms. The van der Waals surface area contributed by atoms with Crippen LogP contribution in [-0.2, 0) is 21.3 Å². The normalized spacial score (nSPS) is 16.0. The highest BCUT2D eigenvalue weighted by molar-refractivity contribution is 7.92. The van der Waals surface area contributed by atoms with E-state index in [9.17, 15) is 17.6 Å². The molecule has 1 aromatic rings. The van der Waals surface area contributed by atoms with Gasteiger partial charge in [0, 0.05) is 18.0 Å². The summed E-state index contributed by atoms with van der Waals surface area (Å²) in [6, 6.07) is 3.95. The molecule has 1 aliphatic carbocycles. The maximum atomic E-state index is 13.6.